The van der Waals surface area contributed by atoms with Crippen LogP contribution >= 0.6 is 11.6 Å². The van der Waals surface area contributed by atoms with E-state index in [4.69, 9.17) is 16.3 Å². The lowest BCUT2D eigenvalue weighted by Crippen LogP contribution is -2.41. The van der Waals surface area contributed by atoms with Gasteiger partial charge < -0.3 is 4.74 Å². The van der Waals surface area contributed by atoms with Crippen LogP contribution in [0.2, 0.25) is 5.02 Å². The summed E-state index contributed by atoms with van der Waals surface area (Å²) in [5.41, 5.74) is 0. The summed E-state index contributed by atoms with van der Waals surface area (Å²) in [5, 5.41) is 0.333. The van der Waals surface area contributed by atoms with Crippen LogP contribution in [-0.2, 0) is 20.8 Å². The number of benzene rings is 1. The van der Waals surface area contributed by atoms with E-state index in [2.05, 4.69) is 0 Å². The first-order valence-electron chi connectivity index (χ1n) is 5.64. The fraction of sp³-hybridized carbons (Fsp3) is 0.455. The zero-order chi connectivity index (χ0) is 14.0. The number of hydrogen-bond donors (Lipinski definition) is 0. The average molecular weight is 324 g/mol. The normalized spacial score (nSPS) is 18.4. The zero-order valence-corrected chi connectivity index (χ0v) is 12.7. The first-order chi connectivity index (χ1) is 8.95. The van der Waals surface area contributed by atoms with E-state index in [-0.39, 0.29) is 23.7 Å². The van der Waals surface area contributed by atoms with E-state index in [0.717, 1.165) is 0 Å². The van der Waals surface area contributed by atoms with Crippen LogP contribution < -0.4 is 4.74 Å². The standard InChI is InChI=1S/C11H14ClNO4S2/c1-17-10-3-2-9(12)8-11(10)19(15,16)13-4-6-18(14)7-5-13/h2-3,8H,4-7H2,1H3. The molecule has 0 bridgehead atoms. The van der Waals surface area contributed by atoms with E-state index in [9.17, 15) is 12.6 Å². The second kappa shape index (κ2) is 5.78. The lowest BCUT2D eigenvalue weighted by molar-refractivity contribution is 0.394. The molecule has 19 heavy (non-hydrogen) atoms. The Morgan fingerprint density at radius 3 is 2.53 bits per heavy atom. The maximum atomic E-state index is 12.5. The van der Waals surface area contributed by atoms with Crippen molar-refractivity contribution in [2.75, 3.05) is 31.7 Å². The van der Waals surface area contributed by atoms with Crippen molar-refractivity contribution in [2.45, 2.75) is 4.90 Å². The Balaban J connectivity index is 2.39. The van der Waals surface area contributed by atoms with Crippen molar-refractivity contribution in [3.05, 3.63) is 23.2 Å². The van der Waals surface area contributed by atoms with Crippen LogP contribution in [0.5, 0.6) is 5.75 Å². The molecule has 0 unspecified atom stereocenters. The minimum absolute atomic E-state index is 0.0511. The summed E-state index contributed by atoms with van der Waals surface area (Å²) in [6, 6.07) is 4.48. The van der Waals surface area contributed by atoms with Gasteiger partial charge in [0.1, 0.15) is 10.6 Å². The van der Waals surface area contributed by atoms with E-state index >= 15 is 0 Å². The molecule has 106 valence electrons. The molecule has 0 aromatic heterocycles. The third-order valence-corrected chi connectivity index (χ3v) is 6.31. The number of hydrogen-bond acceptors (Lipinski definition) is 4. The molecule has 1 heterocycles. The van der Waals surface area contributed by atoms with Gasteiger partial charge in [-0.05, 0) is 18.2 Å². The molecule has 1 aliphatic heterocycles. The molecule has 0 radical (unpaired) electrons. The van der Waals surface area contributed by atoms with Crippen LogP contribution in [0.1, 0.15) is 0 Å². The van der Waals surface area contributed by atoms with Gasteiger partial charge in [0, 0.05) is 40.4 Å². The van der Waals surface area contributed by atoms with Crippen LogP contribution in [0.15, 0.2) is 23.1 Å². The molecular formula is C11H14ClNO4S2. The van der Waals surface area contributed by atoms with E-state index in [1.165, 1.54) is 23.5 Å². The van der Waals surface area contributed by atoms with Crippen LogP contribution in [0.25, 0.3) is 0 Å². The second-order valence-electron chi connectivity index (χ2n) is 4.05. The van der Waals surface area contributed by atoms with Gasteiger partial charge >= 0.3 is 0 Å². The molecule has 0 N–H and O–H groups in total. The number of nitrogens with zero attached hydrogens (tertiary/aromatic N) is 1. The Hall–Kier alpha value is -0.630. The highest BCUT2D eigenvalue weighted by atomic mass is 35.5. The Labute approximate surface area is 120 Å². The highest BCUT2D eigenvalue weighted by Gasteiger charge is 2.30. The highest BCUT2D eigenvalue weighted by Crippen LogP contribution is 2.29. The molecule has 2 rings (SSSR count). The Bertz CT molecular complexity index is 593. The van der Waals surface area contributed by atoms with Gasteiger partial charge in [0.15, 0.2) is 0 Å². The summed E-state index contributed by atoms with van der Waals surface area (Å²) in [7, 11) is -3.18. The van der Waals surface area contributed by atoms with Crippen LogP contribution in [0.3, 0.4) is 0 Å². The molecule has 1 saturated heterocycles. The Kier molecular flexibility index (Phi) is 4.50. The highest BCUT2D eigenvalue weighted by molar-refractivity contribution is 7.89. The minimum Gasteiger partial charge on any atom is -0.495 e. The Morgan fingerprint density at radius 1 is 1.32 bits per heavy atom. The minimum atomic E-state index is -3.66. The molecule has 1 aromatic carbocycles. The van der Waals surface area contributed by atoms with Gasteiger partial charge in [-0.2, -0.15) is 4.31 Å². The van der Waals surface area contributed by atoms with Crippen molar-refractivity contribution in [3.63, 3.8) is 0 Å². The molecule has 0 aliphatic carbocycles. The molecule has 5 nitrogen and oxygen atoms in total. The van der Waals surface area contributed by atoms with Crippen LogP contribution in [0, 0.1) is 0 Å². The maximum Gasteiger partial charge on any atom is 0.246 e. The fourth-order valence-corrected chi connectivity index (χ4v) is 5.00. The number of sulfonamides is 1. The van der Waals surface area contributed by atoms with Gasteiger partial charge in [-0.3, -0.25) is 4.21 Å². The summed E-state index contributed by atoms with van der Waals surface area (Å²) < 4.78 is 42.7. The summed E-state index contributed by atoms with van der Waals surface area (Å²) >= 11 is 5.85. The van der Waals surface area contributed by atoms with Crippen molar-refractivity contribution >= 4 is 32.4 Å². The smallest absolute Gasteiger partial charge is 0.246 e. The predicted octanol–water partition coefficient (Wildman–Crippen LogP) is 1.10. The number of methoxy groups -OCH3 is 1. The summed E-state index contributed by atoms with van der Waals surface area (Å²) in [5.74, 6) is 0.987. The molecule has 0 saturated carbocycles. The molecule has 0 amide bonds. The lowest BCUT2D eigenvalue weighted by Gasteiger charge is -2.26. The maximum absolute atomic E-state index is 12.5. The number of rotatable bonds is 3. The molecule has 1 fully saturated rings. The van der Waals surface area contributed by atoms with E-state index in [0.29, 0.717) is 16.5 Å². The number of halogens is 1. The lowest BCUT2D eigenvalue weighted by atomic mass is 10.3. The topological polar surface area (TPSA) is 63.7 Å². The van der Waals surface area contributed by atoms with Crippen molar-refractivity contribution in [3.8, 4) is 5.75 Å². The first-order valence-corrected chi connectivity index (χ1v) is 8.94. The van der Waals surface area contributed by atoms with Crippen molar-refractivity contribution in [1.82, 2.24) is 4.31 Å². The van der Waals surface area contributed by atoms with Gasteiger partial charge in [-0.1, -0.05) is 11.6 Å². The SMILES string of the molecule is COc1ccc(Cl)cc1S(=O)(=O)N1CCS(=O)CC1. The summed E-state index contributed by atoms with van der Waals surface area (Å²) in [6.45, 7) is 0.509. The second-order valence-corrected chi connectivity index (χ2v) is 8.09. The van der Waals surface area contributed by atoms with Crippen molar-refractivity contribution in [1.29, 1.82) is 0 Å². The van der Waals surface area contributed by atoms with Gasteiger partial charge in [0.05, 0.1) is 7.11 Å². The largest absolute Gasteiger partial charge is 0.495 e. The van der Waals surface area contributed by atoms with Crippen molar-refractivity contribution < 1.29 is 17.4 Å². The van der Waals surface area contributed by atoms with Gasteiger partial charge in [0.2, 0.25) is 10.0 Å². The Morgan fingerprint density at radius 2 is 1.95 bits per heavy atom. The van der Waals surface area contributed by atoms with Crippen molar-refractivity contribution in [2.24, 2.45) is 0 Å². The van der Waals surface area contributed by atoms with E-state index in [1.54, 1.807) is 6.07 Å². The quantitative estimate of drug-likeness (QED) is 0.835. The van der Waals surface area contributed by atoms with Gasteiger partial charge in [0.25, 0.3) is 0 Å². The summed E-state index contributed by atoms with van der Waals surface area (Å²) in [6.07, 6.45) is 0. The molecule has 1 aromatic rings. The predicted molar refractivity (Wildman–Crippen MR) is 74.6 cm³/mol. The number of ether oxygens (including phenoxy) is 1. The van der Waals surface area contributed by atoms with Crippen LogP contribution in [0.4, 0.5) is 0 Å². The first kappa shape index (κ1) is 14.8. The zero-order valence-electron chi connectivity index (χ0n) is 10.3. The fourth-order valence-electron chi connectivity index (χ4n) is 1.85. The van der Waals surface area contributed by atoms with Gasteiger partial charge in [-0.25, -0.2) is 8.42 Å². The van der Waals surface area contributed by atoms with Crippen LogP contribution in [-0.4, -0.2) is 48.6 Å². The molecule has 0 spiro atoms. The average Bonchev–Trinajstić information content (AvgIpc) is 2.39. The van der Waals surface area contributed by atoms with Gasteiger partial charge in [-0.15, -0.1) is 0 Å². The molecular weight excluding hydrogens is 310 g/mol. The monoisotopic (exact) mass is 323 g/mol. The molecule has 8 heteroatoms. The summed E-state index contributed by atoms with van der Waals surface area (Å²) in [4.78, 5) is 0.0511. The third-order valence-electron chi connectivity index (χ3n) is 2.88. The molecule has 1 aliphatic rings. The van der Waals surface area contributed by atoms with E-state index in [1.807, 2.05) is 0 Å². The van der Waals surface area contributed by atoms with E-state index < -0.39 is 20.8 Å². The molecule has 0 atom stereocenters. The third kappa shape index (κ3) is 3.10.